The molecule has 3 heterocycles. The second-order valence-corrected chi connectivity index (χ2v) is 17.2. The van der Waals surface area contributed by atoms with Crippen LogP contribution >= 0.6 is 11.8 Å². The summed E-state index contributed by atoms with van der Waals surface area (Å²) in [6.45, 7) is 1.39. The van der Waals surface area contributed by atoms with Gasteiger partial charge >= 0.3 is 0 Å². The van der Waals surface area contributed by atoms with E-state index in [1.807, 2.05) is 18.2 Å². The summed E-state index contributed by atoms with van der Waals surface area (Å²) >= 11 is 0.862. The van der Waals surface area contributed by atoms with Crippen LogP contribution in [0.4, 0.5) is 5.69 Å². The van der Waals surface area contributed by atoms with Gasteiger partial charge in [-0.1, -0.05) is 48.5 Å². The number of hydrogen-bond acceptors (Lipinski definition) is 12. The first-order chi connectivity index (χ1) is 33.1. The Morgan fingerprint density at radius 3 is 2.09 bits per heavy atom. The fourth-order valence-electron chi connectivity index (χ4n) is 7.42. The van der Waals surface area contributed by atoms with E-state index < -0.39 is 88.2 Å². The lowest BCUT2D eigenvalue weighted by Crippen LogP contribution is -2.60. The molecule has 362 valence electrons. The maximum atomic E-state index is 14.5. The monoisotopic (exact) mass is 964 g/mol. The molecule has 5 aromatic rings. The Balaban J connectivity index is 1.42. The number of para-hydroxylation sites is 1. The third-order valence-corrected chi connectivity index (χ3v) is 12.2. The number of nitro benzene ring substituents is 1. The van der Waals surface area contributed by atoms with Crippen molar-refractivity contribution in [1.82, 2.24) is 46.9 Å². The van der Waals surface area contributed by atoms with E-state index in [9.17, 15) is 43.7 Å². The van der Waals surface area contributed by atoms with Crippen molar-refractivity contribution in [2.75, 3.05) is 12.3 Å². The number of non-ortho nitro benzene ring substituents is 1. The lowest BCUT2D eigenvalue weighted by atomic mass is 10.0. The Kier molecular flexibility index (Phi) is 17.0. The Labute approximate surface area is 398 Å². The van der Waals surface area contributed by atoms with Crippen LogP contribution in [0.25, 0.3) is 10.9 Å². The molecule has 6 rings (SSSR count). The van der Waals surface area contributed by atoms with Crippen LogP contribution < -0.4 is 49.1 Å². The van der Waals surface area contributed by atoms with Gasteiger partial charge < -0.3 is 59.1 Å². The van der Waals surface area contributed by atoms with Crippen LogP contribution in [-0.2, 0) is 48.0 Å². The average molecular weight is 965 g/mol. The molecule has 0 unspecified atom stereocenters. The number of nitrogens with zero attached hydrogens (tertiary/aromatic N) is 3. The molecule has 0 bridgehead atoms. The fourth-order valence-corrected chi connectivity index (χ4v) is 8.48. The number of aliphatic imine (C=N–C) groups is 1. The molecule has 0 saturated heterocycles. The molecule has 6 atom stereocenters. The van der Waals surface area contributed by atoms with Crippen molar-refractivity contribution in [2.24, 2.45) is 22.2 Å². The number of fused-ring (bicyclic) bond motifs is 2. The standard InChI is InChI=1S/C45H52N14O9S/c1-24-39(61)55-35(18-27-21-49-23-52-27)44(66)56-33(16-25-8-3-2-4-9-25)42(64)54-32(12-7-15-50-45(47)48)41(63)57-34(17-26-20-51-31-11-6-5-10-29(26)31)43(65)58-36(38(46)60)22-69-37-14-13-28(59(67)68)19-30(37)40(62)53-24/h2-6,8-11,13-14,19-21,23-24,32-36,51H,7,12,15-18,22H2,1H3,(H2,46,60)(H,49,52)(H,53,62)(H,54,64)(H,55,61)(H,56,66)(H,57,63)(H,58,65)(H4,47,48,50)/t24-,32-,33+,34-,35-,36-/m0/s1. The van der Waals surface area contributed by atoms with Gasteiger partial charge in [0, 0.05) is 77.6 Å². The van der Waals surface area contributed by atoms with E-state index in [-0.39, 0.29) is 60.8 Å². The first-order valence-corrected chi connectivity index (χ1v) is 22.7. The van der Waals surface area contributed by atoms with Crippen LogP contribution in [0.5, 0.6) is 0 Å². The number of nitrogens with two attached hydrogens (primary N) is 3. The number of benzene rings is 3. The number of guanidine groups is 1. The summed E-state index contributed by atoms with van der Waals surface area (Å²) in [7, 11) is 0. The van der Waals surface area contributed by atoms with Crippen LogP contribution in [-0.4, -0.2) is 116 Å². The van der Waals surface area contributed by atoms with E-state index in [1.54, 1.807) is 42.6 Å². The SMILES string of the molecule is C[C@@H]1NC(=O)c2cc([N+](=O)[O-])ccc2SC[C@@H](C(N)=O)NC(=O)[C@H](Cc2c[nH]c3ccccc23)NC(=O)[C@H](CCCN=C(N)N)NC(=O)[C@@H](Cc2ccccc2)NC(=O)[C@H](Cc2cnc[nH]2)NC1=O. The molecule has 1 aliphatic rings. The van der Waals surface area contributed by atoms with E-state index in [0.29, 0.717) is 16.8 Å². The van der Waals surface area contributed by atoms with E-state index in [2.05, 4.69) is 51.8 Å². The highest BCUT2D eigenvalue weighted by molar-refractivity contribution is 7.99. The maximum absolute atomic E-state index is 14.5. The molecule has 69 heavy (non-hydrogen) atoms. The number of H-pyrrole nitrogens is 2. The molecule has 7 amide bonds. The number of nitrogens with one attached hydrogen (secondary N) is 8. The van der Waals surface area contributed by atoms with Crippen molar-refractivity contribution in [3.05, 3.63) is 124 Å². The zero-order valence-electron chi connectivity index (χ0n) is 37.2. The molecule has 3 aromatic carbocycles. The van der Waals surface area contributed by atoms with E-state index in [0.717, 1.165) is 34.8 Å². The number of hydrogen-bond donors (Lipinski definition) is 11. The van der Waals surface area contributed by atoms with Crippen LogP contribution in [0.3, 0.4) is 0 Å². The van der Waals surface area contributed by atoms with Gasteiger partial charge in [-0.2, -0.15) is 0 Å². The van der Waals surface area contributed by atoms with E-state index >= 15 is 0 Å². The Bertz CT molecular complexity index is 2710. The van der Waals surface area contributed by atoms with Gasteiger partial charge in [0.05, 0.1) is 16.8 Å². The molecular weight excluding hydrogens is 913 g/mol. The molecule has 1 aliphatic heterocycles. The number of nitro groups is 1. The Hall–Kier alpha value is -8.28. The number of aromatic amines is 2. The zero-order chi connectivity index (χ0) is 49.6. The largest absolute Gasteiger partial charge is 0.370 e. The molecule has 23 nitrogen and oxygen atoms in total. The van der Waals surface area contributed by atoms with Crippen molar-refractivity contribution in [1.29, 1.82) is 0 Å². The molecule has 0 aliphatic carbocycles. The minimum absolute atomic E-state index is 0.0536. The predicted octanol–water partition coefficient (Wildman–Crippen LogP) is -0.286. The second-order valence-electron chi connectivity index (χ2n) is 16.1. The first-order valence-electron chi connectivity index (χ1n) is 21.7. The molecule has 14 N–H and O–H groups in total. The van der Waals surface area contributed by atoms with E-state index in [4.69, 9.17) is 17.2 Å². The number of imidazole rings is 1. The van der Waals surface area contributed by atoms with Crippen LogP contribution in [0, 0.1) is 10.1 Å². The molecule has 24 heteroatoms. The summed E-state index contributed by atoms with van der Waals surface area (Å²) in [5, 5.41) is 28.6. The Morgan fingerprint density at radius 1 is 0.768 bits per heavy atom. The zero-order valence-corrected chi connectivity index (χ0v) is 38.0. The highest BCUT2D eigenvalue weighted by Gasteiger charge is 2.34. The third kappa shape index (κ3) is 13.9. The van der Waals surface area contributed by atoms with Gasteiger partial charge in [-0.3, -0.25) is 48.7 Å². The van der Waals surface area contributed by atoms with Gasteiger partial charge in [0.15, 0.2) is 5.96 Å². The molecule has 0 spiro atoms. The lowest BCUT2D eigenvalue weighted by molar-refractivity contribution is -0.384. The smallest absolute Gasteiger partial charge is 0.270 e. The second kappa shape index (κ2) is 23.4. The van der Waals surface area contributed by atoms with Gasteiger partial charge in [-0.05, 0) is 43.0 Å². The van der Waals surface area contributed by atoms with Crippen molar-refractivity contribution in [3.8, 4) is 0 Å². The van der Waals surface area contributed by atoms with Crippen LogP contribution in [0.2, 0.25) is 0 Å². The number of thioether (sulfide) groups is 1. The van der Waals surface area contributed by atoms with Gasteiger partial charge in [0.2, 0.25) is 35.4 Å². The van der Waals surface area contributed by atoms with Gasteiger partial charge in [-0.25, -0.2) is 4.98 Å². The van der Waals surface area contributed by atoms with E-state index in [1.165, 1.54) is 25.5 Å². The number of amides is 7. The minimum Gasteiger partial charge on any atom is -0.370 e. The number of carbonyl (C=O) groups is 7. The lowest BCUT2D eigenvalue weighted by Gasteiger charge is -2.27. The topological polar surface area (TPSA) is 370 Å². The van der Waals surface area contributed by atoms with Crippen molar-refractivity contribution < 1.29 is 38.5 Å². The highest BCUT2D eigenvalue weighted by atomic mass is 32.2. The van der Waals surface area contributed by atoms with Crippen molar-refractivity contribution >= 4 is 75.7 Å². The average Bonchev–Trinajstić information content (AvgIpc) is 4.00. The van der Waals surface area contributed by atoms with Crippen LogP contribution in [0.1, 0.15) is 46.9 Å². The Morgan fingerprint density at radius 2 is 1.41 bits per heavy atom. The summed E-state index contributed by atoms with van der Waals surface area (Å²) in [6, 6.07) is 11.1. The number of carbonyl (C=O) groups excluding carboxylic acids is 7. The molecule has 0 radical (unpaired) electrons. The van der Waals surface area contributed by atoms with Crippen LogP contribution in [0.15, 0.2) is 101 Å². The van der Waals surface area contributed by atoms with Gasteiger partial charge in [0.1, 0.15) is 36.3 Å². The first kappa shape index (κ1) is 50.1. The van der Waals surface area contributed by atoms with Gasteiger partial charge in [0.25, 0.3) is 11.6 Å². The predicted molar refractivity (Wildman–Crippen MR) is 254 cm³/mol. The highest BCUT2D eigenvalue weighted by Crippen LogP contribution is 2.28. The quantitative estimate of drug-likeness (QED) is 0.0252. The molecule has 0 saturated carbocycles. The van der Waals surface area contributed by atoms with Crippen molar-refractivity contribution in [2.45, 2.75) is 80.2 Å². The molecule has 0 fully saturated rings. The third-order valence-electron chi connectivity index (χ3n) is 11.1. The summed E-state index contributed by atoms with van der Waals surface area (Å²) in [4.78, 5) is 124. The molecular formula is C45H52N14O9S. The minimum atomic E-state index is -1.43. The van der Waals surface area contributed by atoms with Crippen molar-refractivity contribution in [3.63, 3.8) is 0 Å². The summed E-state index contributed by atoms with van der Waals surface area (Å²) in [5.74, 6) is -6.53. The number of aromatic nitrogens is 3. The number of rotatable bonds is 12. The molecule has 2 aromatic heterocycles. The van der Waals surface area contributed by atoms with Gasteiger partial charge in [-0.15, -0.1) is 11.8 Å². The summed E-state index contributed by atoms with van der Waals surface area (Å²) in [6.07, 6.45) is 4.24. The number of primary amides is 1. The normalized spacial score (nSPS) is 21.1. The summed E-state index contributed by atoms with van der Waals surface area (Å²) in [5.41, 5.74) is 18.6. The maximum Gasteiger partial charge on any atom is 0.270 e. The summed E-state index contributed by atoms with van der Waals surface area (Å²) < 4.78 is 0. The fraction of sp³-hybridized carbons (Fsp3) is 0.311.